The molecular formula is C11H10O5. The summed E-state index contributed by atoms with van der Waals surface area (Å²) in [6.07, 6.45) is 2.29. The number of benzene rings is 1. The first-order valence-electron chi connectivity index (χ1n) is 4.41. The summed E-state index contributed by atoms with van der Waals surface area (Å²) in [5.41, 5.74) is 0.332. The molecule has 0 unspecified atom stereocenters. The van der Waals surface area contributed by atoms with Crippen molar-refractivity contribution in [2.45, 2.75) is 6.92 Å². The molecule has 0 saturated carbocycles. The quantitative estimate of drug-likeness (QED) is 0.446. The summed E-state index contributed by atoms with van der Waals surface area (Å²) in [6, 6.07) is 3.91. The highest BCUT2D eigenvalue weighted by Crippen LogP contribution is 2.23. The molecule has 1 aromatic rings. The van der Waals surface area contributed by atoms with Gasteiger partial charge in [0.25, 0.3) is 0 Å². The number of carbonyl (C=O) groups excluding carboxylic acids is 2. The molecule has 0 aliphatic heterocycles. The van der Waals surface area contributed by atoms with Gasteiger partial charge in [0, 0.05) is 24.6 Å². The van der Waals surface area contributed by atoms with E-state index in [1.54, 1.807) is 0 Å². The average Bonchev–Trinajstić information content (AvgIpc) is 2.15. The van der Waals surface area contributed by atoms with Gasteiger partial charge in [0.05, 0.1) is 0 Å². The fourth-order valence-corrected chi connectivity index (χ4v) is 1.01. The maximum absolute atomic E-state index is 10.9. The van der Waals surface area contributed by atoms with Gasteiger partial charge in [0.2, 0.25) is 0 Å². The Morgan fingerprint density at radius 2 is 2.00 bits per heavy atom. The molecule has 0 atom stereocenters. The van der Waals surface area contributed by atoms with Gasteiger partial charge in [-0.15, -0.1) is 0 Å². The van der Waals surface area contributed by atoms with Crippen LogP contribution in [0, 0.1) is 0 Å². The summed E-state index contributed by atoms with van der Waals surface area (Å²) in [7, 11) is 0. The van der Waals surface area contributed by atoms with Crippen molar-refractivity contribution in [3.8, 4) is 11.5 Å². The van der Waals surface area contributed by atoms with E-state index in [2.05, 4.69) is 4.74 Å². The van der Waals surface area contributed by atoms with Gasteiger partial charge in [-0.3, -0.25) is 4.79 Å². The molecule has 0 amide bonds. The van der Waals surface area contributed by atoms with Gasteiger partial charge >= 0.3 is 11.9 Å². The van der Waals surface area contributed by atoms with Gasteiger partial charge in [0.15, 0.2) is 0 Å². The Labute approximate surface area is 91.6 Å². The highest BCUT2D eigenvalue weighted by molar-refractivity contribution is 5.94. The minimum Gasteiger partial charge on any atom is -0.508 e. The van der Waals surface area contributed by atoms with Gasteiger partial charge < -0.3 is 14.9 Å². The summed E-state index contributed by atoms with van der Waals surface area (Å²) in [4.78, 5) is 21.4. The van der Waals surface area contributed by atoms with Crippen LogP contribution in [0.1, 0.15) is 12.5 Å². The number of hydrogen-bond acceptors (Lipinski definition) is 5. The zero-order valence-electron chi connectivity index (χ0n) is 8.51. The number of ether oxygens (including phenoxy) is 1. The molecule has 0 saturated heterocycles. The smallest absolute Gasteiger partial charge is 0.338 e. The molecule has 5 heteroatoms. The van der Waals surface area contributed by atoms with E-state index in [1.165, 1.54) is 18.2 Å². The lowest BCUT2D eigenvalue weighted by molar-refractivity contribution is -0.154. The molecule has 16 heavy (non-hydrogen) atoms. The number of rotatable bonds is 2. The molecule has 1 aromatic carbocycles. The summed E-state index contributed by atoms with van der Waals surface area (Å²) in [6.45, 7) is 1.11. The summed E-state index contributed by atoms with van der Waals surface area (Å²) in [5, 5.41) is 18.4. The van der Waals surface area contributed by atoms with Crippen LogP contribution in [0.5, 0.6) is 11.5 Å². The third kappa shape index (κ3) is 3.45. The van der Waals surface area contributed by atoms with Gasteiger partial charge in [-0.25, -0.2) is 4.79 Å². The molecule has 0 spiro atoms. The lowest BCUT2D eigenvalue weighted by Crippen LogP contribution is -2.05. The Bertz CT molecular complexity index is 448. The molecule has 5 nitrogen and oxygen atoms in total. The van der Waals surface area contributed by atoms with E-state index in [-0.39, 0.29) is 11.5 Å². The number of hydrogen-bond donors (Lipinski definition) is 2. The van der Waals surface area contributed by atoms with Crippen LogP contribution in [-0.4, -0.2) is 22.2 Å². The van der Waals surface area contributed by atoms with E-state index in [1.807, 2.05) is 0 Å². The first kappa shape index (κ1) is 11.8. The van der Waals surface area contributed by atoms with E-state index in [4.69, 9.17) is 5.11 Å². The topological polar surface area (TPSA) is 83.8 Å². The molecule has 0 aliphatic rings. The lowest BCUT2D eigenvalue weighted by Gasteiger charge is -1.99. The first-order valence-corrected chi connectivity index (χ1v) is 4.41. The molecule has 0 aliphatic carbocycles. The van der Waals surface area contributed by atoms with Crippen molar-refractivity contribution in [2.24, 2.45) is 0 Å². The first-order chi connectivity index (χ1) is 7.49. The Morgan fingerprint density at radius 3 is 2.56 bits per heavy atom. The second kappa shape index (κ2) is 4.97. The maximum Gasteiger partial charge on any atom is 0.338 e. The monoisotopic (exact) mass is 222 g/mol. The van der Waals surface area contributed by atoms with Crippen LogP contribution in [-0.2, 0) is 14.3 Å². The summed E-state index contributed by atoms with van der Waals surface area (Å²) in [5.74, 6) is -1.78. The van der Waals surface area contributed by atoms with Crippen LogP contribution in [0.25, 0.3) is 6.08 Å². The molecule has 0 fully saturated rings. The van der Waals surface area contributed by atoms with E-state index >= 15 is 0 Å². The Morgan fingerprint density at radius 1 is 1.31 bits per heavy atom. The Balaban J connectivity index is 2.76. The van der Waals surface area contributed by atoms with Crippen LogP contribution in [0.3, 0.4) is 0 Å². The van der Waals surface area contributed by atoms with E-state index in [0.29, 0.717) is 5.56 Å². The standard InChI is InChI=1S/C11H10O5/c1-7(12)16-11(15)5-3-8-2-4-9(13)6-10(8)14/h2-6,13-14H,1H3/b5-3+. The molecule has 1 rings (SSSR count). The molecule has 0 aromatic heterocycles. The molecular weight excluding hydrogens is 212 g/mol. The normalized spacial score (nSPS) is 10.3. The maximum atomic E-state index is 10.9. The number of aromatic hydroxyl groups is 2. The van der Waals surface area contributed by atoms with Crippen LogP contribution >= 0.6 is 0 Å². The highest BCUT2D eigenvalue weighted by atomic mass is 16.6. The van der Waals surface area contributed by atoms with Crippen molar-refractivity contribution >= 4 is 18.0 Å². The number of esters is 2. The predicted octanol–water partition coefficient (Wildman–Crippen LogP) is 1.20. The second-order valence-corrected chi connectivity index (χ2v) is 2.99. The minimum absolute atomic E-state index is 0.0824. The lowest BCUT2D eigenvalue weighted by atomic mass is 10.2. The van der Waals surface area contributed by atoms with Crippen molar-refractivity contribution in [1.29, 1.82) is 0 Å². The fraction of sp³-hybridized carbons (Fsp3) is 0.0909. The number of phenols is 2. The van der Waals surface area contributed by atoms with Crippen LogP contribution in [0.2, 0.25) is 0 Å². The van der Waals surface area contributed by atoms with Crippen LogP contribution < -0.4 is 0 Å². The largest absolute Gasteiger partial charge is 0.508 e. The third-order valence-electron chi connectivity index (χ3n) is 1.66. The fourth-order valence-electron chi connectivity index (χ4n) is 1.01. The minimum atomic E-state index is -0.819. The SMILES string of the molecule is CC(=O)OC(=O)/C=C/c1ccc(O)cc1O. The number of carbonyl (C=O) groups is 2. The van der Waals surface area contributed by atoms with Crippen molar-refractivity contribution in [3.05, 3.63) is 29.8 Å². The average molecular weight is 222 g/mol. The zero-order valence-corrected chi connectivity index (χ0v) is 8.51. The highest BCUT2D eigenvalue weighted by Gasteiger charge is 2.02. The zero-order chi connectivity index (χ0) is 12.1. The van der Waals surface area contributed by atoms with Crippen molar-refractivity contribution in [3.63, 3.8) is 0 Å². The van der Waals surface area contributed by atoms with Gasteiger partial charge in [-0.2, -0.15) is 0 Å². The predicted molar refractivity (Wildman–Crippen MR) is 55.6 cm³/mol. The van der Waals surface area contributed by atoms with Crippen LogP contribution in [0.4, 0.5) is 0 Å². The molecule has 0 radical (unpaired) electrons. The molecule has 0 heterocycles. The van der Waals surface area contributed by atoms with Gasteiger partial charge in [-0.1, -0.05) is 0 Å². The summed E-state index contributed by atoms with van der Waals surface area (Å²) >= 11 is 0. The second-order valence-electron chi connectivity index (χ2n) is 2.99. The van der Waals surface area contributed by atoms with Gasteiger partial charge in [0.1, 0.15) is 11.5 Å². The summed E-state index contributed by atoms with van der Waals surface area (Å²) < 4.78 is 4.24. The van der Waals surface area contributed by atoms with Crippen LogP contribution in [0.15, 0.2) is 24.3 Å². The van der Waals surface area contributed by atoms with E-state index in [9.17, 15) is 14.7 Å². The molecule has 2 N–H and O–H groups in total. The Hall–Kier alpha value is -2.30. The molecule has 84 valence electrons. The Kier molecular flexibility index (Phi) is 3.66. The van der Waals surface area contributed by atoms with Crippen molar-refractivity contribution in [1.82, 2.24) is 0 Å². The van der Waals surface area contributed by atoms with Gasteiger partial charge in [-0.05, 0) is 18.2 Å². The van der Waals surface area contributed by atoms with E-state index < -0.39 is 11.9 Å². The number of phenolic OH excluding ortho intramolecular Hbond substituents is 2. The van der Waals surface area contributed by atoms with Crippen molar-refractivity contribution < 1.29 is 24.5 Å². The van der Waals surface area contributed by atoms with E-state index in [0.717, 1.165) is 19.1 Å². The van der Waals surface area contributed by atoms with Crippen molar-refractivity contribution in [2.75, 3.05) is 0 Å². The molecule has 0 bridgehead atoms. The third-order valence-corrected chi connectivity index (χ3v) is 1.66.